The van der Waals surface area contributed by atoms with Crippen LogP contribution in [0.5, 0.6) is 5.75 Å². The van der Waals surface area contributed by atoms with Gasteiger partial charge in [0.1, 0.15) is 5.75 Å². The molecular weight excluding hydrogens is 238 g/mol. The predicted molar refractivity (Wildman–Crippen MR) is 73.8 cm³/mol. The van der Waals surface area contributed by atoms with Gasteiger partial charge >= 0.3 is 0 Å². The van der Waals surface area contributed by atoms with Gasteiger partial charge in [-0.15, -0.1) is 0 Å². The molecule has 98 valence electrons. The van der Waals surface area contributed by atoms with E-state index in [-0.39, 0.29) is 6.04 Å². The first-order valence-corrected chi connectivity index (χ1v) is 6.43. The third-order valence-corrected chi connectivity index (χ3v) is 3.55. The molecular formula is C15H17N3O. The van der Waals surface area contributed by atoms with Crippen molar-refractivity contribution in [2.45, 2.75) is 19.4 Å². The maximum atomic E-state index is 5.75. The molecule has 3 rings (SSSR count). The van der Waals surface area contributed by atoms with Crippen LogP contribution in [0.25, 0.3) is 0 Å². The largest absolute Gasteiger partial charge is 0.493 e. The average molecular weight is 255 g/mol. The summed E-state index contributed by atoms with van der Waals surface area (Å²) in [7, 11) is 0. The predicted octanol–water partition coefficient (Wildman–Crippen LogP) is 1.88. The normalized spacial score (nSPS) is 14.8. The molecule has 0 saturated carbocycles. The number of hydrogen-bond acceptors (Lipinski definition) is 4. The lowest BCUT2D eigenvalue weighted by atomic mass is 9.97. The lowest BCUT2D eigenvalue weighted by Crippen LogP contribution is -2.30. The summed E-state index contributed by atoms with van der Waals surface area (Å²) in [5.74, 6) is 6.71. The molecule has 1 aliphatic rings. The van der Waals surface area contributed by atoms with Gasteiger partial charge in [-0.25, -0.2) is 5.43 Å². The summed E-state index contributed by atoms with van der Waals surface area (Å²) in [6.07, 6.45) is 2.75. The molecule has 0 amide bonds. The molecule has 0 spiro atoms. The molecule has 2 heterocycles. The quantitative estimate of drug-likeness (QED) is 0.649. The molecule has 0 saturated heterocycles. The van der Waals surface area contributed by atoms with Crippen molar-refractivity contribution < 1.29 is 4.74 Å². The van der Waals surface area contributed by atoms with Gasteiger partial charge in [-0.2, -0.15) is 0 Å². The molecule has 0 aliphatic carbocycles. The van der Waals surface area contributed by atoms with Crippen molar-refractivity contribution in [1.82, 2.24) is 10.4 Å². The third-order valence-electron chi connectivity index (χ3n) is 3.55. The van der Waals surface area contributed by atoms with E-state index in [1.54, 1.807) is 6.20 Å². The summed E-state index contributed by atoms with van der Waals surface area (Å²) in [6, 6.07) is 10.0. The van der Waals surface area contributed by atoms with Crippen molar-refractivity contribution in [2.75, 3.05) is 6.61 Å². The van der Waals surface area contributed by atoms with Gasteiger partial charge in [-0.05, 0) is 24.1 Å². The molecule has 0 radical (unpaired) electrons. The topological polar surface area (TPSA) is 60.2 Å². The minimum Gasteiger partial charge on any atom is -0.493 e. The van der Waals surface area contributed by atoms with Crippen LogP contribution in [0.15, 0.2) is 36.5 Å². The second-order valence-electron chi connectivity index (χ2n) is 4.74. The fourth-order valence-corrected chi connectivity index (χ4v) is 2.58. The lowest BCUT2D eigenvalue weighted by Gasteiger charge is -2.20. The van der Waals surface area contributed by atoms with E-state index >= 15 is 0 Å². The van der Waals surface area contributed by atoms with Gasteiger partial charge in [0.2, 0.25) is 0 Å². The van der Waals surface area contributed by atoms with Crippen LogP contribution in [0.2, 0.25) is 0 Å². The lowest BCUT2D eigenvalue weighted by molar-refractivity contribution is 0.350. The summed E-state index contributed by atoms with van der Waals surface area (Å²) in [5.41, 5.74) is 7.21. The summed E-state index contributed by atoms with van der Waals surface area (Å²) >= 11 is 0. The number of benzene rings is 1. The second-order valence-corrected chi connectivity index (χ2v) is 4.74. The Hall–Kier alpha value is -1.91. The van der Waals surface area contributed by atoms with Crippen molar-refractivity contribution in [2.24, 2.45) is 5.84 Å². The van der Waals surface area contributed by atoms with Crippen molar-refractivity contribution in [1.29, 1.82) is 0 Å². The van der Waals surface area contributed by atoms with E-state index in [0.717, 1.165) is 35.6 Å². The summed E-state index contributed by atoms with van der Waals surface area (Å²) in [4.78, 5) is 4.45. The monoisotopic (exact) mass is 255 g/mol. The van der Waals surface area contributed by atoms with Gasteiger partial charge in [-0.1, -0.05) is 24.3 Å². The second kappa shape index (κ2) is 4.99. The number of rotatable bonds is 3. The number of nitrogens with two attached hydrogens (primary N) is 1. The molecule has 1 aromatic heterocycles. The standard InChI is InChI=1S/C15H17N3O/c1-10-4-3-8-17-13(10)14(18-16)12-6-2-5-11-7-9-19-15(11)12/h2-6,8,14,18H,7,9,16H2,1H3. The maximum Gasteiger partial charge on any atom is 0.127 e. The number of aromatic nitrogens is 1. The molecule has 2 aromatic rings. The number of nitrogens with one attached hydrogen (secondary N) is 1. The Morgan fingerprint density at radius 3 is 3.00 bits per heavy atom. The van der Waals surface area contributed by atoms with E-state index in [1.165, 1.54) is 5.56 Å². The number of aryl methyl sites for hydroxylation is 1. The number of pyridine rings is 1. The molecule has 0 bridgehead atoms. The molecule has 1 atom stereocenters. The Morgan fingerprint density at radius 2 is 2.21 bits per heavy atom. The van der Waals surface area contributed by atoms with E-state index in [9.17, 15) is 0 Å². The summed E-state index contributed by atoms with van der Waals surface area (Å²) in [5, 5.41) is 0. The van der Waals surface area contributed by atoms with E-state index in [1.807, 2.05) is 31.2 Å². The van der Waals surface area contributed by atoms with Gasteiger partial charge < -0.3 is 4.74 Å². The summed E-state index contributed by atoms with van der Waals surface area (Å²) < 4.78 is 5.75. The Balaban J connectivity index is 2.09. The maximum absolute atomic E-state index is 5.75. The molecule has 1 unspecified atom stereocenters. The Bertz CT molecular complexity index is 598. The molecule has 4 nitrogen and oxygen atoms in total. The highest BCUT2D eigenvalue weighted by molar-refractivity contribution is 5.48. The fraction of sp³-hybridized carbons (Fsp3) is 0.267. The number of fused-ring (bicyclic) bond motifs is 1. The van der Waals surface area contributed by atoms with Gasteiger partial charge in [0, 0.05) is 18.2 Å². The van der Waals surface area contributed by atoms with Crippen molar-refractivity contribution in [3.63, 3.8) is 0 Å². The molecule has 4 heteroatoms. The zero-order valence-corrected chi connectivity index (χ0v) is 10.9. The van der Waals surface area contributed by atoms with Gasteiger partial charge in [0.15, 0.2) is 0 Å². The first kappa shape index (κ1) is 12.1. The van der Waals surface area contributed by atoms with Crippen LogP contribution in [0.4, 0.5) is 0 Å². The highest BCUT2D eigenvalue weighted by Gasteiger charge is 2.24. The Morgan fingerprint density at radius 1 is 1.32 bits per heavy atom. The van der Waals surface area contributed by atoms with E-state index in [2.05, 4.69) is 16.5 Å². The van der Waals surface area contributed by atoms with Crippen LogP contribution in [0, 0.1) is 6.92 Å². The number of hydrogen-bond donors (Lipinski definition) is 2. The molecule has 19 heavy (non-hydrogen) atoms. The van der Waals surface area contributed by atoms with Gasteiger partial charge in [0.05, 0.1) is 18.3 Å². The summed E-state index contributed by atoms with van der Waals surface area (Å²) in [6.45, 7) is 2.78. The number of para-hydroxylation sites is 1. The first-order chi connectivity index (χ1) is 9.31. The Kier molecular flexibility index (Phi) is 3.19. The number of hydrazine groups is 1. The van der Waals surface area contributed by atoms with Crippen LogP contribution < -0.4 is 16.0 Å². The van der Waals surface area contributed by atoms with Crippen LogP contribution in [-0.2, 0) is 6.42 Å². The van der Waals surface area contributed by atoms with Crippen LogP contribution in [-0.4, -0.2) is 11.6 Å². The van der Waals surface area contributed by atoms with Gasteiger partial charge in [0.25, 0.3) is 0 Å². The smallest absolute Gasteiger partial charge is 0.127 e. The zero-order valence-electron chi connectivity index (χ0n) is 10.9. The number of ether oxygens (including phenoxy) is 1. The highest BCUT2D eigenvalue weighted by atomic mass is 16.5. The van der Waals surface area contributed by atoms with Crippen LogP contribution in [0.3, 0.4) is 0 Å². The zero-order chi connectivity index (χ0) is 13.2. The fourth-order valence-electron chi connectivity index (χ4n) is 2.58. The third kappa shape index (κ3) is 2.09. The SMILES string of the molecule is Cc1cccnc1C(NN)c1cccc2c1OCC2. The van der Waals surface area contributed by atoms with Gasteiger partial charge in [-0.3, -0.25) is 10.8 Å². The van der Waals surface area contributed by atoms with E-state index in [4.69, 9.17) is 10.6 Å². The number of nitrogens with zero attached hydrogens (tertiary/aromatic N) is 1. The highest BCUT2D eigenvalue weighted by Crippen LogP contribution is 2.35. The Labute approximate surface area is 112 Å². The molecule has 3 N–H and O–H groups in total. The van der Waals surface area contributed by atoms with E-state index in [0.29, 0.717) is 0 Å². The minimum atomic E-state index is -0.144. The van der Waals surface area contributed by atoms with Crippen molar-refractivity contribution >= 4 is 0 Å². The van der Waals surface area contributed by atoms with Crippen LogP contribution in [0.1, 0.15) is 28.4 Å². The molecule has 0 fully saturated rings. The van der Waals surface area contributed by atoms with Crippen molar-refractivity contribution in [3.8, 4) is 5.75 Å². The van der Waals surface area contributed by atoms with E-state index < -0.39 is 0 Å². The van der Waals surface area contributed by atoms with Crippen LogP contribution >= 0.6 is 0 Å². The average Bonchev–Trinajstić information content (AvgIpc) is 2.91. The van der Waals surface area contributed by atoms with Crippen molar-refractivity contribution in [3.05, 3.63) is 58.9 Å². The molecule has 1 aliphatic heterocycles. The molecule has 1 aromatic carbocycles. The minimum absolute atomic E-state index is 0.144. The first-order valence-electron chi connectivity index (χ1n) is 6.43.